The zero-order valence-corrected chi connectivity index (χ0v) is 21.6. The van der Waals surface area contributed by atoms with E-state index in [-0.39, 0.29) is 22.1 Å². The van der Waals surface area contributed by atoms with Crippen molar-refractivity contribution in [2.24, 2.45) is 0 Å². The Bertz CT molecular complexity index is 1550. The first-order chi connectivity index (χ1) is 17.8. The number of hydrogen-bond donors (Lipinski definition) is 2. The molecule has 0 radical (unpaired) electrons. The summed E-state index contributed by atoms with van der Waals surface area (Å²) in [6.07, 6.45) is 1.37. The van der Waals surface area contributed by atoms with Gasteiger partial charge in [0, 0.05) is 28.2 Å². The molecule has 37 heavy (non-hydrogen) atoms. The van der Waals surface area contributed by atoms with Crippen molar-refractivity contribution in [3.05, 3.63) is 91.8 Å². The smallest absolute Gasteiger partial charge is 0.338 e. The Kier molecular flexibility index (Phi) is 8.00. The van der Waals surface area contributed by atoms with E-state index in [1.54, 1.807) is 43.3 Å². The third-order valence-corrected chi connectivity index (χ3v) is 6.51. The Hall–Kier alpha value is -4.02. The Morgan fingerprint density at radius 2 is 1.73 bits per heavy atom. The fourth-order valence-electron chi connectivity index (χ4n) is 3.61. The maximum atomic E-state index is 13.4. The van der Waals surface area contributed by atoms with Crippen LogP contribution >= 0.6 is 22.9 Å². The highest BCUT2D eigenvalue weighted by molar-refractivity contribution is 7.19. The molecule has 0 saturated carbocycles. The van der Waals surface area contributed by atoms with Crippen molar-refractivity contribution >= 4 is 57.1 Å². The van der Waals surface area contributed by atoms with Crippen LogP contribution in [0.5, 0.6) is 0 Å². The van der Waals surface area contributed by atoms with Gasteiger partial charge in [-0.3, -0.25) is 14.4 Å². The van der Waals surface area contributed by atoms with Crippen LogP contribution in [-0.2, 0) is 11.2 Å². The number of nitrogens with zero attached hydrogens (tertiary/aromatic N) is 2. The normalized spacial score (nSPS) is 10.8. The number of esters is 1. The molecule has 0 aliphatic carbocycles. The molecule has 4 aromatic rings. The van der Waals surface area contributed by atoms with Crippen LogP contribution in [0.1, 0.15) is 56.5 Å². The van der Waals surface area contributed by atoms with Gasteiger partial charge in [0.1, 0.15) is 10.6 Å². The molecule has 0 aliphatic rings. The molecular weight excluding hydrogens is 516 g/mol. The van der Waals surface area contributed by atoms with E-state index in [1.807, 2.05) is 6.92 Å². The highest BCUT2D eigenvalue weighted by Crippen LogP contribution is 2.25. The summed E-state index contributed by atoms with van der Waals surface area (Å²) in [4.78, 5) is 56.3. The first-order valence-electron chi connectivity index (χ1n) is 11.5. The Morgan fingerprint density at radius 1 is 1.00 bits per heavy atom. The first kappa shape index (κ1) is 26.1. The SMILES string of the molecule is CCCc1cc(=O)n2c(C(=O)Nc3cccc(Cl)c3)c(C(=O)Nc3ccc(C(=O)OCC)cc3)sc2n1. The molecule has 0 saturated heterocycles. The number of amides is 2. The standard InChI is InChI=1S/C26H23ClN4O5S/c1-3-6-18-14-20(32)31-21(23(33)29-19-8-5-7-16(27)13-19)22(37-26(31)30-18)24(34)28-17-11-9-15(10-12-17)25(35)36-4-2/h5,7-14H,3-4,6H2,1-2H3,(H,28,34)(H,29,33). The van der Waals surface area contributed by atoms with E-state index in [4.69, 9.17) is 16.3 Å². The Balaban J connectivity index is 1.72. The lowest BCUT2D eigenvalue weighted by molar-refractivity contribution is 0.0526. The second kappa shape index (κ2) is 11.4. The minimum absolute atomic E-state index is 0.00671. The Morgan fingerprint density at radius 3 is 2.41 bits per heavy atom. The number of rotatable bonds is 8. The zero-order chi connectivity index (χ0) is 26.5. The van der Waals surface area contributed by atoms with Gasteiger partial charge in [0.05, 0.1) is 12.2 Å². The summed E-state index contributed by atoms with van der Waals surface area (Å²) in [5, 5.41) is 5.84. The number of anilines is 2. The molecule has 0 unspecified atom stereocenters. The van der Waals surface area contributed by atoms with Crippen LogP contribution in [0.2, 0.25) is 5.02 Å². The first-order valence-corrected chi connectivity index (χ1v) is 12.7. The second-order valence-corrected chi connectivity index (χ2v) is 9.36. The van der Waals surface area contributed by atoms with Crippen molar-refractivity contribution in [3.63, 3.8) is 0 Å². The summed E-state index contributed by atoms with van der Waals surface area (Å²) in [5.41, 5.74) is 1.12. The van der Waals surface area contributed by atoms with Gasteiger partial charge in [-0.25, -0.2) is 14.2 Å². The molecule has 0 aliphatic heterocycles. The summed E-state index contributed by atoms with van der Waals surface area (Å²) in [6.45, 7) is 3.92. The van der Waals surface area contributed by atoms with Gasteiger partial charge >= 0.3 is 5.97 Å². The summed E-state index contributed by atoms with van der Waals surface area (Å²) >= 11 is 6.97. The van der Waals surface area contributed by atoms with E-state index in [2.05, 4.69) is 15.6 Å². The number of aromatic nitrogens is 2. The Labute approximate surface area is 221 Å². The van der Waals surface area contributed by atoms with Crippen molar-refractivity contribution in [1.82, 2.24) is 9.38 Å². The number of hydrogen-bond acceptors (Lipinski definition) is 7. The van der Waals surface area contributed by atoms with E-state index in [0.717, 1.165) is 22.2 Å². The van der Waals surface area contributed by atoms with Gasteiger partial charge in [-0.2, -0.15) is 0 Å². The van der Waals surface area contributed by atoms with Crippen LogP contribution in [0.3, 0.4) is 0 Å². The molecule has 0 spiro atoms. The molecule has 9 nitrogen and oxygen atoms in total. The van der Waals surface area contributed by atoms with Crippen molar-refractivity contribution in [3.8, 4) is 0 Å². The lowest BCUT2D eigenvalue weighted by Crippen LogP contribution is -2.25. The van der Waals surface area contributed by atoms with E-state index in [0.29, 0.717) is 34.1 Å². The average molecular weight is 539 g/mol. The molecule has 2 aromatic carbocycles. The summed E-state index contributed by atoms with van der Waals surface area (Å²) in [5.74, 6) is -1.74. The van der Waals surface area contributed by atoms with Crippen LogP contribution in [0.15, 0.2) is 59.4 Å². The average Bonchev–Trinajstić information content (AvgIpc) is 3.25. The van der Waals surface area contributed by atoms with Gasteiger partial charge < -0.3 is 15.4 Å². The van der Waals surface area contributed by atoms with Gasteiger partial charge in [-0.05, 0) is 55.8 Å². The topological polar surface area (TPSA) is 119 Å². The van der Waals surface area contributed by atoms with Gasteiger partial charge in [0.25, 0.3) is 17.4 Å². The van der Waals surface area contributed by atoms with Crippen LogP contribution in [0, 0.1) is 0 Å². The molecule has 2 amide bonds. The second-order valence-electron chi connectivity index (χ2n) is 7.95. The maximum absolute atomic E-state index is 13.4. The molecule has 11 heteroatoms. The number of fused-ring (bicyclic) bond motifs is 1. The summed E-state index contributed by atoms with van der Waals surface area (Å²) < 4.78 is 6.11. The van der Waals surface area contributed by atoms with Crippen molar-refractivity contribution in [1.29, 1.82) is 0 Å². The number of aryl methyl sites for hydroxylation is 1. The number of ether oxygens (including phenoxy) is 1. The summed E-state index contributed by atoms with van der Waals surface area (Å²) in [6, 6.07) is 14.0. The molecular formula is C26H23ClN4O5S. The molecule has 2 N–H and O–H groups in total. The highest BCUT2D eigenvalue weighted by Gasteiger charge is 2.26. The van der Waals surface area contributed by atoms with Crippen molar-refractivity contribution in [2.75, 3.05) is 17.2 Å². The molecule has 2 heterocycles. The van der Waals surface area contributed by atoms with Crippen LogP contribution < -0.4 is 16.2 Å². The van der Waals surface area contributed by atoms with E-state index in [9.17, 15) is 19.2 Å². The molecule has 4 rings (SSSR count). The van der Waals surface area contributed by atoms with Gasteiger partial charge in [0.2, 0.25) is 0 Å². The lowest BCUT2D eigenvalue weighted by atomic mass is 10.2. The lowest BCUT2D eigenvalue weighted by Gasteiger charge is -2.09. The number of carbonyl (C=O) groups is 3. The molecule has 0 bridgehead atoms. The third kappa shape index (κ3) is 5.87. The minimum Gasteiger partial charge on any atom is -0.462 e. The van der Waals surface area contributed by atoms with Crippen LogP contribution in [0.4, 0.5) is 11.4 Å². The fraction of sp³-hybridized carbons (Fsp3) is 0.192. The predicted molar refractivity (Wildman–Crippen MR) is 143 cm³/mol. The number of thiazole rings is 1. The highest BCUT2D eigenvalue weighted by atomic mass is 35.5. The van der Waals surface area contributed by atoms with E-state index in [1.165, 1.54) is 18.2 Å². The van der Waals surface area contributed by atoms with Gasteiger partial charge in [-0.15, -0.1) is 0 Å². The predicted octanol–water partition coefficient (Wildman–Crippen LogP) is 5.04. The monoisotopic (exact) mass is 538 g/mol. The van der Waals surface area contributed by atoms with Crippen LogP contribution in [0.25, 0.3) is 4.96 Å². The number of nitrogens with one attached hydrogen (secondary N) is 2. The number of carbonyl (C=O) groups excluding carboxylic acids is 3. The van der Waals surface area contributed by atoms with Crippen molar-refractivity contribution in [2.45, 2.75) is 26.7 Å². The molecule has 190 valence electrons. The minimum atomic E-state index is -0.663. The molecule has 2 aromatic heterocycles. The quantitative estimate of drug-likeness (QED) is 0.303. The third-order valence-electron chi connectivity index (χ3n) is 5.24. The zero-order valence-electron chi connectivity index (χ0n) is 20.0. The van der Waals surface area contributed by atoms with Crippen LogP contribution in [-0.4, -0.2) is 33.8 Å². The molecule has 0 atom stereocenters. The van der Waals surface area contributed by atoms with Gasteiger partial charge in [-0.1, -0.05) is 42.3 Å². The number of halogens is 1. The van der Waals surface area contributed by atoms with E-state index < -0.39 is 23.3 Å². The van der Waals surface area contributed by atoms with E-state index >= 15 is 0 Å². The van der Waals surface area contributed by atoms with Crippen molar-refractivity contribution < 1.29 is 19.1 Å². The van der Waals surface area contributed by atoms with Gasteiger partial charge in [0.15, 0.2) is 4.96 Å². The summed E-state index contributed by atoms with van der Waals surface area (Å²) in [7, 11) is 0. The number of benzene rings is 2. The largest absolute Gasteiger partial charge is 0.462 e. The molecule has 0 fully saturated rings. The fourth-order valence-corrected chi connectivity index (χ4v) is 4.85. The maximum Gasteiger partial charge on any atom is 0.338 e.